The highest BCUT2D eigenvalue weighted by atomic mass is 32.2. The molecule has 132 valence electrons. The summed E-state index contributed by atoms with van der Waals surface area (Å²) in [6, 6.07) is 13.9. The Bertz CT molecular complexity index is 1050. The lowest BCUT2D eigenvalue weighted by molar-refractivity contribution is 0.325. The lowest BCUT2D eigenvalue weighted by atomic mass is 9.96. The summed E-state index contributed by atoms with van der Waals surface area (Å²) in [6.45, 7) is 2.11. The second-order valence-electron chi connectivity index (χ2n) is 6.98. The molecular weight excluding hydrogens is 364 g/mol. The Kier molecular flexibility index (Phi) is 3.74. The van der Waals surface area contributed by atoms with Gasteiger partial charge in [-0.3, -0.25) is 9.88 Å². The van der Waals surface area contributed by atoms with E-state index in [0.29, 0.717) is 11.4 Å². The van der Waals surface area contributed by atoms with Gasteiger partial charge in [0.15, 0.2) is 9.84 Å². The van der Waals surface area contributed by atoms with Gasteiger partial charge in [0.2, 0.25) is 0 Å². The highest BCUT2D eigenvalue weighted by molar-refractivity contribution is 7.92. The second kappa shape index (κ2) is 6.01. The normalized spacial score (nSPS) is 23.7. The van der Waals surface area contributed by atoms with Gasteiger partial charge in [-0.25, -0.2) is 8.42 Å². The minimum atomic E-state index is -3.25. The van der Waals surface area contributed by atoms with Crippen molar-refractivity contribution < 1.29 is 8.42 Å². The maximum atomic E-state index is 13.0. The maximum Gasteiger partial charge on any atom is 0.183 e. The molecule has 2 aliphatic heterocycles. The van der Waals surface area contributed by atoms with E-state index in [0.717, 1.165) is 29.8 Å². The van der Waals surface area contributed by atoms with Crippen LogP contribution in [0.1, 0.15) is 17.0 Å². The number of likely N-dealkylation sites (tertiary alicyclic amines) is 1. The summed E-state index contributed by atoms with van der Waals surface area (Å²) in [7, 11) is -3.25. The molecule has 0 unspecified atom stereocenters. The summed E-state index contributed by atoms with van der Waals surface area (Å²) >= 11 is 1.68. The van der Waals surface area contributed by atoms with Crippen LogP contribution in [0, 0.1) is 0 Å². The van der Waals surface area contributed by atoms with Crippen molar-refractivity contribution in [3.63, 3.8) is 0 Å². The third kappa shape index (κ3) is 2.52. The van der Waals surface area contributed by atoms with Gasteiger partial charge in [-0.1, -0.05) is 18.2 Å². The zero-order valence-corrected chi connectivity index (χ0v) is 15.7. The topological polar surface area (TPSA) is 50.3 Å². The van der Waals surface area contributed by atoms with Crippen LogP contribution in [-0.2, 0) is 16.4 Å². The number of pyridine rings is 1. The van der Waals surface area contributed by atoms with Gasteiger partial charge in [0, 0.05) is 42.8 Å². The van der Waals surface area contributed by atoms with Crippen molar-refractivity contribution in [2.75, 3.05) is 13.1 Å². The Labute approximate surface area is 157 Å². The molecule has 1 aromatic carbocycles. The molecule has 6 heteroatoms. The van der Waals surface area contributed by atoms with Gasteiger partial charge in [-0.05, 0) is 46.3 Å². The molecule has 1 saturated heterocycles. The molecule has 2 atom stereocenters. The van der Waals surface area contributed by atoms with Crippen LogP contribution >= 0.6 is 11.3 Å². The summed E-state index contributed by atoms with van der Waals surface area (Å²) in [5.74, 6) is 0.0617. The van der Waals surface area contributed by atoms with Crippen LogP contribution < -0.4 is 0 Å². The van der Waals surface area contributed by atoms with E-state index in [2.05, 4.69) is 22.0 Å². The molecule has 1 fully saturated rings. The van der Waals surface area contributed by atoms with E-state index in [-0.39, 0.29) is 11.2 Å². The monoisotopic (exact) mass is 382 g/mol. The largest absolute Gasteiger partial charge is 0.297 e. The van der Waals surface area contributed by atoms with Crippen molar-refractivity contribution in [3.8, 4) is 10.4 Å². The third-order valence-electron chi connectivity index (χ3n) is 5.39. The van der Waals surface area contributed by atoms with E-state index in [1.165, 1.54) is 4.88 Å². The van der Waals surface area contributed by atoms with Crippen molar-refractivity contribution in [1.82, 2.24) is 9.88 Å². The Morgan fingerprint density at radius 2 is 2.08 bits per heavy atom. The number of rotatable bonds is 3. The molecule has 0 spiro atoms. The van der Waals surface area contributed by atoms with Crippen molar-refractivity contribution in [2.45, 2.75) is 22.6 Å². The first-order valence-corrected chi connectivity index (χ1v) is 11.1. The maximum absolute atomic E-state index is 13.0. The van der Waals surface area contributed by atoms with Crippen LogP contribution in [0.25, 0.3) is 10.4 Å². The minimum absolute atomic E-state index is 0.0617. The molecule has 0 aliphatic carbocycles. The lowest BCUT2D eigenvalue weighted by Crippen LogP contribution is -2.25. The lowest BCUT2D eigenvalue weighted by Gasteiger charge is -2.17. The molecule has 0 saturated carbocycles. The van der Waals surface area contributed by atoms with Crippen LogP contribution in [0.2, 0.25) is 0 Å². The molecule has 0 radical (unpaired) electrons. The van der Waals surface area contributed by atoms with Crippen molar-refractivity contribution >= 4 is 21.2 Å². The molecule has 2 aliphatic rings. The van der Waals surface area contributed by atoms with Crippen molar-refractivity contribution in [2.24, 2.45) is 0 Å². The molecule has 0 bridgehead atoms. The Balaban J connectivity index is 1.49. The van der Waals surface area contributed by atoms with E-state index in [9.17, 15) is 8.42 Å². The van der Waals surface area contributed by atoms with Crippen molar-refractivity contribution in [3.05, 3.63) is 71.4 Å². The number of hydrogen-bond donors (Lipinski definition) is 0. The first-order chi connectivity index (χ1) is 12.6. The average molecular weight is 383 g/mol. The van der Waals surface area contributed by atoms with Crippen LogP contribution in [-0.4, -0.2) is 36.6 Å². The molecule has 0 N–H and O–H groups in total. The van der Waals surface area contributed by atoms with Crippen LogP contribution in [0.15, 0.2) is 65.1 Å². The highest BCUT2D eigenvalue weighted by Crippen LogP contribution is 2.46. The fourth-order valence-corrected chi connectivity index (χ4v) is 7.12. The molecule has 3 aromatic rings. The van der Waals surface area contributed by atoms with Crippen LogP contribution in [0.5, 0.6) is 0 Å². The van der Waals surface area contributed by atoms with Gasteiger partial charge in [0.25, 0.3) is 0 Å². The SMILES string of the molecule is O=S1(=O)c2ccc(-c3cccs3)cc2[C@@H]2CN(Cc3cccnc3)C[C@@H]21. The van der Waals surface area contributed by atoms with E-state index < -0.39 is 9.84 Å². The van der Waals surface area contributed by atoms with Gasteiger partial charge in [-0.2, -0.15) is 0 Å². The number of benzene rings is 1. The first kappa shape index (κ1) is 16.2. The summed E-state index contributed by atoms with van der Waals surface area (Å²) in [4.78, 5) is 8.12. The van der Waals surface area contributed by atoms with E-state index in [4.69, 9.17) is 0 Å². The Hall–Kier alpha value is -2.02. The number of nitrogens with zero attached hydrogens (tertiary/aromatic N) is 2. The van der Waals surface area contributed by atoms with E-state index in [1.54, 1.807) is 17.5 Å². The van der Waals surface area contributed by atoms with Gasteiger partial charge >= 0.3 is 0 Å². The van der Waals surface area contributed by atoms with Gasteiger partial charge in [0.1, 0.15) is 0 Å². The van der Waals surface area contributed by atoms with E-state index in [1.807, 2.05) is 41.9 Å². The van der Waals surface area contributed by atoms with Gasteiger partial charge < -0.3 is 0 Å². The molecule has 4 nitrogen and oxygen atoms in total. The highest BCUT2D eigenvalue weighted by Gasteiger charge is 2.50. The summed E-state index contributed by atoms with van der Waals surface area (Å²) in [6.07, 6.45) is 3.61. The second-order valence-corrected chi connectivity index (χ2v) is 10.1. The van der Waals surface area contributed by atoms with Crippen LogP contribution in [0.3, 0.4) is 0 Å². The molecule has 4 heterocycles. The van der Waals surface area contributed by atoms with Crippen LogP contribution in [0.4, 0.5) is 0 Å². The Morgan fingerprint density at radius 3 is 2.85 bits per heavy atom. The number of fused-ring (bicyclic) bond motifs is 3. The summed E-state index contributed by atoms with van der Waals surface area (Å²) in [5.41, 5.74) is 3.23. The standard InChI is InChI=1S/C20H18N2O2S2/c23-26(24)19-6-5-15(18-4-2-8-25-18)9-16(19)17-12-22(13-20(17)26)11-14-3-1-7-21-10-14/h1-10,17,20H,11-13H2/t17-,20-/m0/s1. The number of aromatic nitrogens is 1. The van der Waals surface area contributed by atoms with Gasteiger partial charge in [-0.15, -0.1) is 11.3 Å². The van der Waals surface area contributed by atoms with E-state index >= 15 is 0 Å². The number of sulfone groups is 1. The third-order valence-corrected chi connectivity index (χ3v) is 8.57. The molecule has 2 aromatic heterocycles. The first-order valence-electron chi connectivity index (χ1n) is 8.66. The predicted molar refractivity (Wildman–Crippen MR) is 103 cm³/mol. The Morgan fingerprint density at radius 1 is 1.15 bits per heavy atom. The quantitative estimate of drug-likeness (QED) is 0.695. The average Bonchev–Trinajstić information content (AvgIpc) is 3.35. The fourth-order valence-electron chi connectivity index (χ4n) is 4.20. The zero-order valence-electron chi connectivity index (χ0n) is 14.1. The molecular formula is C20H18N2O2S2. The smallest absolute Gasteiger partial charge is 0.183 e. The zero-order chi connectivity index (χ0) is 17.7. The molecule has 26 heavy (non-hydrogen) atoms. The van der Waals surface area contributed by atoms with Gasteiger partial charge in [0.05, 0.1) is 10.1 Å². The predicted octanol–water partition coefficient (Wildman–Crippen LogP) is 3.57. The summed E-state index contributed by atoms with van der Waals surface area (Å²) in [5, 5.41) is 1.72. The molecule has 0 amide bonds. The number of thiophene rings is 1. The fraction of sp³-hybridized carbons (Fsp3) is 0.250. The minimum Gasteiger partial charge on any atom is -0.297 e. The summed E-state index contributed by atoms with van der Waals surface area (Å²) < 4.78 is 26.1. The number of hydrogen-bond acceptors (Lipinski definition) is 5. The molecule has 5 rings (SSSR count). The van der Waals surface area contributed by atoms with Crippen molar-refractivity contribution in [1.29, 1.82) is 0 Å².